The lowest BCUT2D eigenvalue weighted by atomic mass is 10.2. The summed E-state index contributed by atoms with van der Waals surface area (Å²) in [5.41, 5.74) is 1.26. The number of hydrogen-bond acceptors (Lipinski definition) is 6. The number of thioether (sulfide) groups is 1. The van der Waals surface area contributed by atoms with Gasteiger partial charge in [-0.3, -0.25) is 9.69 Å². The molecule has 0 radical (unpaired) electrons. The number of thiocarbonyl (C=S) groups is 1. The molecule has 0 aromatic heterocycles. The van der Waals surface area contributed by atoms with E-state index in [1.54, 1.807) is 61.7 Å². The van der Waals surface area contributed by atoms with Gasteiger partial charge < -0.3 is 14.6 Å². The number of hydrogen-bond donors (Lipinski definition) is 1. The van der Waals surface area contributed by atoms with E-state index in [2.05, 4.69) is 0 Å². The lowest BCUT2D eigenvalue weighted by molar-refractivity contribution is -0.139. The van der Waals surface area contributed by atoms with E-state index in [1.165, 1.54) is 16.7 Å². The zero-order chi connectivity index (χ0) is 19.4. The molecule has 0 saturated carbocycles. The average Bonchev–Trinajstić information content (AvgIpc) is 2.94. The summed E-state index contributed by atoms with van der Waals surface area (Å²) in [4.78, 5) is 25.5. The maximum Gasteiger partial charge on any atom is 0.341 e. The van der Waals surface area contributed by atoms with Crippen molar-refractivity contribution < 1.29 is 24.2 Å². The monoisotopic (exact) mass is 401 g/mol. The molecule has 1 N–H and O–H groups in total. The molecule has 6 nitrogen and oxygen atoms in total. The van der Waals surface area contributed by atoms with Crippen LogP contribution >= 0.6 is 24.0 Å². The number of methoxy groups -OCH3 is 1. The number of carboxylic acids is 1. The molecule has 3 rings (SSSR count). The van der Waals surface area contributed by atoms with Crippen LogP contribution in [-0.4, -0.2) is 35.0 Å². The van der Waals surface area contributed by atoms with Gasteiger partial charge in [0.05, 0.1) is 17.7 Å². The van der Waals surface area contributed by atoms with Crippen LogP contribution in [0.5, 0.6) is 11.5 Å². The van der Waals surface area contributed by atoms with Crippen LogP contribution in [0.15, 0.2) is 53.4 Å². The van der Waals surface area contributed by atoms with E-state index < -0.39 is 12.6 Å². The first-order valence-electron chi connectivity index (χ1n) is 7.85. The molecular weight excluding hydrogens is 386 g/mol. The van der Waals surface area contributed by atoms with Gasteiger partial charge in [-0.05, 0) is 36.4 Å². The van der Waals surface area contributed by atoms with Crippen LogP contribution < -0.4 is 14.4 Å². The van der Waals surface area contributed by atoms with E-state index in [9.17, 15) is 9.59 Å². The van der Waals surface area contributed by atoms with Crippen molar-refractivity contribution in [3.05, 3.63) is 59.0 Å². The van der Waals surface area contributed by atoms with Gasteiger partial charge >= 0.3 is 5.97 Å². The van der Waals surface area contributed by atoms with Crippen LogP contribution in [0.1, 0.15) is 5.56 Å². The van der Waals surface area contributed by atoms with E-state index in [0.29, 0.717) is 32.0 Å². The van der Waals surface area contributed by atoms with Crippen LogP contribution in [0.2, 0.25) is 0 Å². The molecule has 2 aromatic rings. The van der Waals surface area contributed by atoms with Crippen LogP contribution in [0, 0.1) is 0 Å². The summed E-state index contributed by atoms with van der Waals surface area (Å²) in [6.45, 7) is -0.461. The largest absolute Gasteiger partial charge is 0.497 e. The van der Waals surface area contributed by atoms with Gasteiger partial charge in [-0.2, -0.15) is 0 Å². The number of para-hydroxylation sites is 1. The fourth-order valence-electron chi connectivity index (χ4n) is 2.43. The standard InChI is InChI=1S/C19H15NO5S2/c1-24-14-8-6-13(7-9-14)20-18(23)16(27-19(20)26)10-12-4-2-3-5-15(12)25-11-17(21)22/h2-10H,11H2,1H3,(H,21,22)/b16-10-. The Bertz CT molecular complexity index is 924. The minimum Gasteiger partial charge on any atom is -0.497 e. The summed E-state index contributed by atoms with van der Waals surface area (Å²) in [7, 11) is 1.57. The van der Waals surface area contributed by atoms with E-state index in [0.717, 1.165) is 0 Å². The molecule has 0 bridgehead atoms. The highest BCUT2D eigenvalue weighted by molar-refractivity contribution is 8.27. The van der Waals surface area contributed by atoms with Crippen molar-refractivity contribution >= 4 is 51.9 Å². The molecule has 1 heterocycles. The number of ether oxygens (including phenoxy) is 2. The third-order valence-electron chi connectivity index (χ3n) is 3.68. The molecule has 0 spiro atoms. The van der Waals surface area contributed by atoms with Gasteiger partial charge in [-0.15, -0.1) is 0 Å². The molecule has 1 aliphatic heterocycles. The molecule has 0 atom stereocenters. The molecule has 27 heavy (non-hydrogen) atoms. The maximum absolute atomic E-state index is 12.8. The fraction of sp³-hybridized carbons (Fsp3) is 0.105. The highest BCUT2D eigenvalue weighted by Gasteiger charge is 2.33. The quantitative estimate of drug-likeness (QED) is 0.586. The molecule has 1 amide bonds. The predicted octanol–water partition coefficient (Wildman–Crippen LogP) is 3.56. The molecule has 8 heteroatoms. The summed E-state index contributed by atoms with van der Waals surface area (Å²) in [6.07, 6.45) is 1.65. The van der Waals surface area contributed by atoms with Crippen LogP contribution in [0.25, 0.3) is 6.08 Å². The normalized spacial score (nSPS) is 15.3. The summed E-state index contributed by atoms with van der Waals surface area (Å²) in [5, 5.41) is 8.79. The highest BCUT2D eigenvalue weighted by atomic mass is 32.2. The minimum atomic E-state index is -1.07. The van der Waals surface area contributed by atoms with Gasteiger partial charge in [0.1, 0.15) is 11.5 Å². The second-order valence-corrected chi connectivity index (χ2v) is 7.11. The molecular formula is C19H15NO5S2. The summed E-state index contributed by atoms with van der Waals surface area (Å²) in [6, 6.07) is 13.9. The maximum atomic E-state index is 12.8. The van der Waals surface area contributed by atoms with E-state index in [1.807, 2.05) is 0 Å². The molecule has 1 saturated heterocycles. The topological polar surface area (TPSA) is 76.1 Å². The lowest BCUT2D eigenvalue weighted by Crippen LogP contribution is -2.27. The first-order chi connectivity index (χ1) is 13.0. The van der Waals surface area contributed by atoms with Crippen molar-refractivity contribution in [2.24, 2.45) is 0 Å². The first kappa shape index (κ1) is 18.9. The Morgan fingerprint density at radius 1 is 1.22 bits per heavy atom. The number of nitrogens with zero attached hydrogens (tertiary/aromatic N) is 1. The summed E-state index contributed by atoms with van der Waals surface area (Å²) < 4.78 is 10.8. The van der Waals surface area contributed by atoms with Crippen molar-refractivity contribution in [2.75, 3.05) is 18.6 Å². The number of carbonyl (C=O) groups is 2. The minimum absolute atomic E-state index is 0.247. The fourth-order valence-corrected chi connectivity index (χ4v) is 3.72. The van der Waals surface area contributed by atoms with Crippen molar-refractivity contribution in [3.63, 3.8) is 0 Å². The van der Waals surface area contributed by atoms with Crippen molar-refractivity contribution in [2.45, 2.75) is 0 Å². The number of carboxylic acid groups (broad SMARTS) is 1. The predicted molar refractivity (Wildman–Crippen MR) is 108 cm³/mol. The smallest absolute Gasteiger partial charge is 0.341 e. The Balaban J connectivity index is 1.87. The Morgan fingerprint density at radius 2 is 1.93 bits per heavy atom. The number of benzene rings is 2. The number of carbonyl (C=O) groups excluding carboxylic acids is 1. The first-order valence-corrected chi connectivity index (χ1v) is 9.07. The molecule has 1 aliphatic rings. The molecule has 0 aliphatic carbocycles. The zero-order valence-corrected chi connectivity index (χ0v) is 15.9. The van der Waals surface area contributed by atoms with Crippen molar-refractivity contribution in [1.82, 2.24) is 0 Å². The molecule has 138 valence electrons. The zero-order valence-electron chi connectivity index (χ0n) is 14.2. The van der Waals surface area contributed by atoms with E-state index in [4.69, 9.17) is 26.8 Å². The highest BCUT2D eigenvalue weighted by Crippen LogP contribution is 2.37. The van der Waals surface area contributed by atoms with Gasteiger partial charge in [0.25, 0.3) is 5.91 Å². The Morgan fingerprint density at radius 3 is 2.59 bits per heavy atom. The van der Waals surface area contributed by atoms with Gasteiger partial charge in [-0.25, -0.2) is 4.79 Å². The van der Waals surface area contributed by atoms with E-state index in [-0.39, 0.29) is 5.91 Å². The average molecular weight is 401 g/mol. The lowest BCUT2D eigenvalue weighted by Gasteiger charge is -2.14. The number of amides is 1. The Kier molecular flexibility index (Phi) is 5.78. The second-order valence-electron chi connectivity index (χ2n) is 5.44. The van der Waals surface area contributed by atoms with E-state index >= 15 is 0 Å². The second kappa shape index (κ2) is 8.24. The third kappa shape index (κ3) is 4.29. The Hall–Kier alpha value is -2.84. The van der Waals surface area contributed by atoms with Crippen LogP contribution in [0.4, 0.5) is 5.69 Å². The van der Waals surface area contributed by atoms with Gasteiger partial charge in [-0.1, -0.05) is 42.2 Å². The molecule has 2 aromatic carbocycles. The summed E-state index contributed by atoms with van der Waals surface area (Å²) in [5.74, 6) is -0.252. The van der Waals surface area contributed by atoms with Gasteiger partial charge in [0, 0.05) is 5.56 Å². The van der Waals surface area contributed by atoms with Crippen LogP contribution in [0.3, 0.4) is 0 Å². The number of aliphatic carboxylic acids is 1. The SMILES string of the molecule is COc1ccc(N2C(=O)/C(=C/c3ccccc3OCC(=O)O)SC2=S)cc1. The van der Waals surface area contributed by atoms with Crippen molar-refractivity contribution in [3.8, 4) is 11.5 Å². The Labute approximate surface area is 165 Å². The third-order valence-corrected chi connectivity index (χ3v) is 4.98. The van der Waals surface area contributed by atoms with Crippen molar-refractivity contribution in [1.29, 1.82) is 0 Å². The number of anilines is 1. The van der Waals surface area contributed by atoms with Gasteiger partial charge in [0.15, 0.2) is 10.9 Å². The molecule has 0 unspecified atom stereocenters. The number of rotatable bonds is 6. The molecule has 1 fully saturated rings. The summed E-state index contributed by atoms with van der Waals surface area (Å²) >= 11 is 6.54. The van der Waals surface area contributed by atoms with Gasteiger partial charge in [0.2, 0.25) is 0 Å². The van der Waals surface area contributed by atoms with Crippen LogP contribution in [-0.2, 0) is 9.59 Å².